The molecule has 0 amide bonds. The Bertz CT molecular complexity index is 1210. The van der Waals surface area contributed by atoms with Crippen molar-refractivity contribution in [3.05, 3.63) is 65.9 Å². The second kappa shape index (κ2) is 8.25. The first-order valence-corrected chi connectivity index (χ1v) is 10.9. The van der Waals surface area contributed by atoms with E-state index < -0.39 is 5.82 Å². The van der Waals surface area contributed by atoms with Gasteiger partial charge in [-0.1, -0.05) is 6.07 Å². The number of halogens is 2. The topological polar surface area (TPSA) is 51.0 Å². The van der Waals surface area contributed by atoms with Gasteiger partial charge in [-0.15, -0.1) is 0 Å². The van der Waals surface area contributed by atoms with Gasteiger partial charge in [-0.05, 0) is 92.8 Å². The third-order valence-electron chi connectivity index (χ3n) is 6.45. The lowest BCUT2D eigenvalue weighted by Gasteiger charge is -2.31. The maximum absolute atomic E-state index is 13.8. The summed E-state index contributed by atoms with van der Waals surface area (Å²) in [5.41, 5.74) is 2.78. The summed E-state index contributed by atoms with van der Waals surface area (Å²) < 4.78 is 33.2. The highest BCUT2D eigenvalue weighted by atomic mass is 19.1. The van der Waals surface area contributed by atoms with Crippen LogP contribution < -0.4 is 5.32 Å². The van der Waals surface area contributed by atoms with Gasteiger partial charge in [0, 0.05) is 17.6 Å². The summed E-state index contributed by atoms with van der Waals surface area (Å²) in [5.74, 6) is 0.429. The van der Waals surface area contributed by atoms with Crippen molar-refractivity contribution in [2.45, 2.75) is 51.0 Å². The molecule has 0 spiro atoms. The highest BCUT2D eigenvalue weighted by molar-refractivity contribution is 5.82. The quantitative estimate of drug-likeness (QED) is 0.384. The minimum absolute atomic E-state index is 0.175. The fourth-order valence-electron chi connectivity index (χ4n) is 4.95. The molecule has 1 aliphatic rings. The van der Waals surface area contributed by atoms with Crippen molar-refractivity contribution >= 4 is 28.0 Å². The van der Waals surface area contributed by atoms with Crippen LogP contribution in [-0.4, -0.2) is 16.0 Å². The van der Waals surface area contributed by atoms with E-state index in [0.717, 1.165) is 43.0 Å². The molecule has 0 saturated heterocycles. The summed E-state index contributed by atoms with van der Waals surface area (Å²) in [5, 5.41) is 4.22. The summed E-state index contributed by atoms with van der Waals surface area (Å²) in [6.07, 6.45) is 7.24. The molecule has 1 fully saturated rings. The molecule has 2 heterocycles. The zero-order valence-electron chi connectivity index (χ0n) is 17.4. The van der Waals surface area contributed by atoms with E-state index in [4.69, 9.17) is 4.42 Å². The van der Waals surface area contributed by atoms with Crippen LogP contribution >= 0.6 is 0 Å². The summed E-state index contributed by atoms with van der Waals surface area (Å²) in [4.78, 5) is 8.72. The molecular weight excluding hydrogens is 396 g/mol. The number of hydrogen-bond donors (Lipinski definition) is 1. The normalized spacial score (nSPS) is 20.2. The summed E-state index contributed by atoms with van der Waals surface area (Å²) in [6.45, 7) is 2.11. The second-order valence-electron chi connectivity index (χ2n) is 8.67. The molecule has 1 saturated carbocycles. The van der Waals surface area contributed by atoms with Crippen molar-refractivity contribution in [3.8, 4) is 0 Å². The van der Waals surface area contributed by atoms with Crippen molar-refractivity contribution in [3.63, 3.8) is 0 Å². The molecule has 6 heteroatoms. The van der Waals surface area contributed by atoms with E-state index in [1.807, 2.05) is 12.3 Å². The van der Waals surface area contributed by atoms with Crippen molar-refractivity contribution < 1.29 is 13.2 Å². The SMILES string of the molecule is CC(C[C@H]1CC[C@@H](c2ccnc3ccc(F)cc32)CC1)Nc1nc2cccc(F)c2o1. The average molecular weight is 421 g/mol. The number of rotatable bonds is 5. The molecule has 1 unspecified atom stereocenters. The lowest BCUT2D eigenvalue weighted by atomic mass is 9.76. The van der Waals surface area contributed by atoms with Crippen LogP contribution in [-0.2, 0) is 0 Å². The molecule has 0 radical (unpaired) electrons. The number of fused-ring (bicyclic) bond motifs is 2. The fraction of sp³-hybridized carbons (Fsp3) is 0.360. The van der Waals surface area contributed by atoms with Gasteiger partial charge in [0.15, 0.2) is 11.4 Å². The van der Waals surface area contributed by atoms with Crippen molar-refractivity contribution in [2.24, 2.45) is 5.92 Å². The number of hydrogen-bond acceptors (Lipinski definition) is 4. The Kier molecular flexibility index (Phi) is 5.30. The molecule has 5 rings (SSSR count). The minimum Gasteiger partial charge on any atom is -0.420 e. The molecule has 1 aliphatic carbocycles. The van der Waals surface area contributed by atoms with Crippen LogP contribution in [0.1, 0.15) is 50.5 Å². The van der Waals surface area contributed by atoms with E-state index in [-0.39, 0.29) is 17.4 Å². The molecule has 1 N–H and O–H groups in total. The predicted octanol–water partition coefficient (Wildman–Crippen LogP) is 6.82. The number of nitrogens with one attached hydrogen (secondary N) is 1. The second-order valence-corrected chi connectivity index (χ2v) is 8.67. The Labute approximate surface area is 179 Å². The van der Waals surface area contributed by atoms with Crippen molar-refractivity contribution in [2.75, 3.05) is 5.32 Å². The Morgan fingerprint density at radius 3 is 2.71 bits per heavy atom. The number of para-hydroxylation sites is 1. The van der Waals surface area contributed by atoms with Gasteiger partial charge in [-0.2, -0.15) is 4.98 Å². The number of oxazole rings is 1. The first-order valence-electron chi connectivity index (χ1n) is 10.9. The van der Waals surface area contributed by atoms with Gasteiger partial charge in [-0.25, -0.2) is 8.78 Å². The molecule has 2 aromatic heterocycles. The Morgan fingerprint density at radius 2 is 1.90 bits per heavy atom. The Morgan fingerprint density at radius 1 is 1.06 bits per heavy atom. The molecule has 4 nitrogen and oxygen atoms in total. The fourth-order valence-corrected chi connectivity index (χ4v) is 4.95. The molecule has 2 aromatic carbocycles. The van der Waals surface area contributed by atoms with Gasteiger partial charge >= 0.3 is 0 Å². The minimum atomic E-state index is -0.396. The average Bonchev–Trinajstić information content (AvgIpc) is 3.17. The van der Waals surface area contributed by atoms with Gasteiger partial charge in [-0.3, -0.25) is 4.98 Å². The van der Waals surface area contributed by atoms with E-state index in [0.29, 0.717) is 23.4 Å². The van der Waals surface area contributed by atoms with Gasteiger partial charge < -0.3 is 9.73 Å². The van der Waals surface area contributed by atoms with Crippen LogP contribution in [0.25, 0.3) is 22.0 Å². The lowest BCUT2D eigenvalue weighted by Crippen LogP contribution is -2.23. The molecule has 31 heavy (non-hydrogen) atoms. The van der Waals surface area contributed by atoms with E-state index >= 15 is 0 Å². The maximum atomic E-state index is 13.8. The highest BCUT2D eigenvalue weighted by Crippen LogP contribution is 2.40. The number of nitrogens with zero attached hydrogens (tertiary/aromatic N) is 2. The van der Waals surface area contributed by atoms with Crippen LogP contribution in [0.5, 0.6) is 0 Å². The number of benzene rings is 2. The largest absolute Gasteiger partial charge is 0.420 e. The highest BCUT2D eigenvalue weighted by Gasteiger charge is 2.25. The molecule has 160 valence electrons. The number of anilines is 1. The van der Waals surface area contributed by atoms with Crippen LogP contribution in [0.15, 0.2) is 53.1 Å². The maximum Gasteiger partial charge on any atom is 0.295 e. The zero-order chi connectivity index (χ0) is 21.4. The molecular formula is C25H25F2N3O. The van der Waals surface area contributed by atoms with Crippen LogP contribution in [0.2, 0.25) is 0 Å². The van der Waals surface area contributed by atoms with Crippen molar-refractivity contribution in [1.82, 2.24) is 9.97 Å². The summed E-state index contributed by atoms with van der Waals surface area (Å²) in [7, 11) is 0. The zero-order valence-corrected chi connectivity index (χ0v) is 17.4. The molecule has 0 aliphatic heterocycles. The molecule has 1 atom stereocenters. The first-order chi connectivity index (χ1) is 15.1. The third-order valence-corrected chi connectivity index (χ3v) is 6.45. The molecule has 0 bridgehead atoms. The predicted molar refractivity (Wildman–Crippen MR) is 118 cm³/mol. The third kappa shape index (κ3) is 4.11. The summed E-state index contributed by atoms with van der Waals surface area (Å²) >= 11 is 0. The smallest absolute Gasteiger partial charge is 0.295 e. The monoisotopic (exact) mass is 421 g/mol. The van der Waals surface area contributed by atoms with Crippen LogP contribution in [0, 0.1) is 17.6 Å². The van der Waals surface area contributed by atoms with Gasteiger partial charge in [0.25, 0.3) is 6.01 Å². The molecule has 4 aromatic rings. The van der Waals surface area contributed by atoms with Crippen molar-refractivity contribution in [1.29, 1.82) is 0 Å². The van der Waals surface area contributed by atoms with E-state index in [1.54, 1.807) is 24.3 Å². The first kappa shape index (κ1) is 19.9. The number of pyridine rings is 1. The summed E-state index contributed by atoms with van der Waals surface area (Å²) in [6, 6.07) is 12.2. The van der Waals surface area contributed by atoms with E-state index in [2.05, 4.69) is 22.2 Å². The van der Waals surface area contributed by atoms with Crippen LogP contribution in [0.4, 0.5) is 14.8 Å². The van der Waals surface area contributed by atoms with E-state index in [1.165, 1.54) is 17.7 Å². The lowest BCUT2D eigenvalue weighted by molar-refractivity contribution is 0.301. The van der Waals surface area contributed by atoms with Gasteiger partial charge in [0.1, 0.15) is 11.3 Å². The van der Waals surface area contributed by atoms with Gasteiger partial charge in [0.05, 0.1) is 5.52 Å². The van der Waals surface area contributed by atoms with Gasteiger partial charge in [0.2, 0.25) is 0 Å². The Balaban J connectivity index is 1.21. The van der Waals surface area contributed by atoms with Crippen LogP contribution in [0.3, 0.4) is 0 Å². The standard InChI is InChI=1S/C25H25F2N3O/c1-15(29-25-30-23-4-2-3-21(27)24(23)31-25)13-16-5-7-17(8-6-16)19-11-12-28-22-10-9-18(26)14-20(19)22/h2-4,9-12,14-17H,5-8,13H2,1H3,(H,29,30)/t15?,16-,17+. The number of aromatic nitrogens is 2. The van der Waals surface area contributed by atoms with E-state index in [9.17, 15) is 8.78 Å². The Hall–Kier alpha value is -3.02.